The summed E-state index contributed by atoms with van der Waals surface area (Å²) in [5.74, 6) is 0.362. The molecule has 2 aromatic carbocycles. The fourth-order valence-electron chi connectivity index (χ4n) is 4.56. The first-order valence-electron chi connectivity index (χ1n) is 10.9. The molecule has 2 aliphatic rings. The zero-order valence-electron chi connectivity index (χ0n) is 18.3. The maximum atomic E-state index is 12.6. The van der Waals surface area contributed by atoms with Crippen molar-refractivity contribution in [3.05, 3.63) is 58.1 Å². The van der Waals surface area contributed by atoms with Gasteiger partial charge >= 0.3 is 0 Å². The van der Waals surface area contributed by atoms with Gasteiger partial charge in [0.05, 0.1) is 34.6 Å². The predicted molar refractivity (Wildman–Crippen MR) is 129 cm³/mol. The summed E-state index contributed by atoms with van der Waals surface area (Å²) in [6.45, 7) is 0.464. The van der Waals surface area contributed by atoms with Gasteiger partial charge in [-0.15, -0.1) is 0 Å². The first kappa shape index (κ1) is 22.1. The summed E-state index contributed by atoms with van der Waals surface area (Å²) in [6.07, 6.45) is 5.07. The van der Waals surface area contributed by atoms with Gasteiger partial charge in [-0.1, -0.05) is 43.0 Å². The molecule has 1 heterocycles. The van der Waals surface area contributed by atoms with Crippen molar-refractivity contribution in [2.75, 3.05) is 24.7 Å². The second-order valence-electron chi connectivity index (χ2n) is 8.26. The summed E-state index contributed by atoms with van der Waals surface area (Å²) in [5.41, 5.74) is 2.79. The van der Waals surface area contributed by atoms with Crippen LogP contribution in [0.1, 0.15) is 58.4 Å². The minimum absolute atomic E-state index is 0.204. The Hall–Kier alpha value is -3.06. The summed E-state index contributed by atoms with van der Waals surface area (Å²) >= 11 is 6.15. The number of aliphatic imine (C=N–C) groups is 1. The van der Waals surface area contributed by atoms with E-state index < -0.39 is 5.54 Å². The quantitative estimate of drug-likeness (QED) is 0.558. The van der Waals surface area contributed by atoms with Crippen molar-refractivity contribution in [3.8, 4) is 0 Å². The maximum absolute atomic E-state index is 12.6. The molecule has 4 N–H and O–H groups in total. The monoisotopic (exact) mass is 453 g/mol. The lowest BCUT2D eigenvalue weighted by Gasteiger charge is -2.45. The summed E-state index contributed by atoms with van der Waals surface area (Å²) in [5, 5.41) is 13.2. The summed E-state index contributed by atoms with van der Waals surface area (Å²) in [6, 6.07) is 11.0. The van der Waals surface area contributed by atoms with Crippen LogP contribution in [-0.4, -0.2) is 37.3 Å². The lowest BCUT2D eigenvalue weighted by Crippen LogP contribution is -2.54. The Morgan fingerprint density at radius 3 is 2.28 bits per heavy atom. The number of halogens is 1. The van der Waals surface area contributed by atoms with Crippen molar-refractivity contribution in [1.29, 1.82) is 0 Å². The van der Waals surface area contributed by atoms with Crippen LogP contribution in [0.5, 0.6) is 0 Å². The highest BCUT2D eigenvalue weighted by molar-refractivity contribution is 6.30. The molecule has 0 atom stereocenters. The molecule has 7 nitrogen and oxygen atoms in total. The molecule has 32 heavy (non-hydrogen) atoms. The number of anilines is 2. The van der Waals surface area contributed by atoms with Crippen molar-refractivity contribution in [2.45, 2.75) is 44.2 Å². The van der Waals surface area contributed by atoms with E-state index >= 15 is 0 Å². The van der Waals surface area contributed by atoms with E-state index in [9.17, 15) is 9.59 Å². The van der Waals surface area contributed by atoms with Crippen LogP contribution < -0.4 is 21.3 Å². The fourth-order valence-corrected chi connectivity index (χ4v) is 4.77. The van der Waals surface area contributed by atoms with Gasteiger partial charge in [-0.3, -0.25) is 14.6 Å². The van der Waals surface area contributed by atoms with Crippen molar-refractivity contribution < 1.29 is 9.59 Å². The van der Waals surface area contributed by atoms with E-state index in [0.717, 1.165) is 37.1 Å². The second kappa shape index (κ2) is 9.20. The predicted octanol–water partition coefficient (Wildman–Crippen LogP) is 4.20. The van der Waals surface area contributed by atoms with E-state index in [4.69, 9.17) is 16.6 Å². The van der Waals surface area contributed by atoms with Gasteiger partial charge in [0.2, 0.25) is 0 Å². The van der Waals surface area contributed by atoms with Crippen LogP contribution in [0.15, 0.2) is 41.4 Å². The first-order chi connectivity index (χ1) is 15.5. The molecule has 0 aromatic heterocycles. The smallest absolute Gasteiger partial charge is 0.253 e. The number of carbonyl (C=O) groups excluding carboxylic acids is 2. The molecule has 168 valence electrons. The molecule has 0 unspecified atom stereocenters. The number of carbonyl (C=O) groups is 2. The molecule has 2 amide bonds. The highest BCUT2D eigenvalue weighted by atomic mass is 35.5. The van der Waals surface area contributed by atoms with Gasteiger partial charge in [-0.25, -0.2) is 0 Å². The molecule has 1 aliphatic heterocycles. The van der Waals surface area contributed by atoms with Gasteiger partial charge in [-0.05, 0) is 42.7 Å². The van der Waals surface area contributed by atoms with Crippen LogP contribution in [0.3, 0.4) is 0 Å². The topological polar surface area (TPSA) is 94.6 Å². The molecular weight excluding hydrogens is 426 g/mol. The van der Waals surface area contributed by atoms with Crippen molar-refractivity contribution in [3.63, 3.8) is 0 Å². The number of amides is 2. The SMILES string of the molecule is CNC(=O)c1ccc(C(=O)NC)c2c1NC(=NCc1cccc(Cl)c1)C1(CCCCC1)N2. The molecule has 1 saturated carbocycles. The van der Waals surface area contributed by atoms with Gasteiger partial charge in [0.25, 0.3) is 11.8 Å². The Morgan fingerprint density at radius 2 is 1.66 bits per heavy atom. The van der Waals surface area contributed by atoms with Crippen LogP contribution in [0.25, 0.3) is 0 Å². The largest absolute Gasteiger partial charge is 0.370 e. The number of fused-ring (bicyclic) bond motifs is 1. The minimum atomic E-state index is -0.409. The summed E-state index contributed by atoms with van der Waals surface area (Å²) in [4.78, 5) is 30.1. The van der Waals surface area contributed by atoms with E-state index in [-0.39, 0.29) is 11.8 Å². The number of hydrogen-bond donors (Lipinski definition) is 4. The number of hydrogen-bond acceptors (Lipinski definition) is 4. The third kappa shape index (κ3) is 4.17. The molecule has 0 saturated heterocycles. The second-order valence-corrected chi connectivity index (χ2v) is 8.69. The molecule has 4 rings (SSSR count). The maximum Gasteiger partial charge on any atom is 0.253 e. The lowest BCUT2D eigenvalue weighted by atomic mass is 9.78. The Labute approximate surface area is 193 Å². The highest BCUT2D eigenvalue weighted by Gasteiger charge is 2.43. The molecule has 8 heteroatoms. The van der Waals surface area contributed by atoms with Crippen molar-refractivity contribution in [1.82, 2.24) is 10.6 Å². The average molecular weight is 454 g/mol. The Kier molecular flexibility index (Phi) is 6.37. The first-order valence-corrected chi connectivity index (χ1v) is 11.3. The van der Waals surface area contributed by atoms with E-state index in [1.807, 2.05) is 24.3 Å². The van der Waals surface area contributed by atoms with Gasteiger partial charge in [0.15, 0.2) is 0 Å². The minimum Gasteiger partial charge on any atom is -0.370 e. The van der Waals surface area contributed by atoms with E-state index in [0.29, 0.717) is 34.1 Å². The Bertz CT molecular complexity index is 1080. The zero-order valence-corrected chi connectivity index (χ0v) is 19.1. The standard InChI is InChI=1S/C24H28ClN5O2/c1-26-21(31)17-9-10-18(22(32)27-2)20-19(17)29-23(24(30-20)11-4-3-5-12-24)28-14-15-7-6-8-16(25)13-15/h6-10,13,30H,3-5,11-12,14H2,1-2H3,(H,26,31)(H,27,32)(H,28,29). The van der Waals surface area contributed by atoms with E-state index in [1.165, 1.54) is 6.42 Å². The van der Waals surface area contributed by atoms with Gasteiger partial charge in [-0.2, -0.15) is 0 Å². The number of benzene rings is 2. The van der Waals surface area contributed by atoms with Crippen molar-refractivity contribution >= 4 is 40.6 Å². The highest BCUT2D eigenvalue weighted by Crippen LogP contribution is 2.43. The summed E-state index contributed by atoms with van der Waals surface area (Å²) in [7, 11) is 3.19. The van der Waals surface area contributed by atoms with Crippen LogP contribution in [0.2, 0.25) is 5.02 Å². The zero-order chi connectivity index (χ0) is 22.7. The average Bonchev–Trinajstić information content (AvgIpc) is 2.81. The number of nitrogens with one attached hydrogen (secondary N) is 4. The van der Waals surface area contributed by atoms with E-state index in [1.54, 1.807) is 26.2 Å². The van der Waals surface area contributed by atoms with E-state index in [2.05, 4.69) is 21.3 Å². The molecule has 1 spiro atoms. The number of rotatable bonds is 4. The molecular formula is C24H28ClN5O2. The van der Waals surface area contributed by atoms with Crippen LogP contribution in [0, 0.1) is 0 Å². The van der Waals surface area contributed by atoms with Crippen LogP contribution in [0.4, 0.5) is 11.4 Å². The Morgan fingerprint density at radius 1 is 1.00 bits per heavy atom. The van der Waals surface area contributed by atoms with Crippen LogP contribution in [-0.2, 0) is 6.54 Å². The van der Waals surface area contributed by atoms with Crippen LogP contribution >= 0.6 is 11.6 Å². The van der Waals surface area contributed by atoms with Gasteiger partial charge in [0, 0.05) is 19.1 Å². The molecule has 1 fully saturated rings. The molecule has 1 aliphatic carbocycles. The Balaban J connectivity index is 1.82. The molecule has 0 bridgehead atoms. The fraction of sp³-hybridized carbons (Fsp3) is 0.375. The van der Waals surface area contributed by atoms with Gasteiger partial charge < -0.3 is 21.3 Å². The lowest BCUT2D eigenvalue weighted by molar-refractivity contribution is 0.0952. The number of nitrogens with zero attached hydrogens (tertiary/aromatic N) is 1. The summed E-state index contributed by atoms with van der Waals surface area (Å²) < 4.78 is 0. The number of amidine groups is 1. The van der Waals surface area contributed by atoms with Crippen molar-refractivity contribution in [2.24, 2.45) is 4.99 Å². The normalized spacial score (nSPS) is 17.8. The third-order valence-electron chi connectivity index (χ3n) is 6.23. The molecule has 2 aromatic rings. The third-order valence-corrected chi connectivity index (χ3v) is 6.46. The van der Waals surface area contributed by atoms with Gasteiger partial charge in [0.1, 0.15) is 5.84 Å². The molecule has 0 radical (unpaired) electrons.